The summed E-state index contributed by atoms with van der Waals surface area (Å²) in [5, 5.41) is 13.9. The first-order valence-corrected chi connectivity index (χ1v) is 8.16. The molecule has 0 bridgehead atoms. The van der Waals surface area contributed by atoms with Crippen LogP contribution in [0.15, 0.2) is 51.8 Å². The van der Waals surface area contributed by atoms with Gasteiger partial charge in [0.1, 0.15) is 0 Å². The van der Waals surface area contributed by atoms with Crippen LogP contribution in [0.1, 0.15) is 10.4 Å². The van der Waals surface area contributed by atoms with Crippen molar-refractivity contribution >= 4 is 39.5 Å². The number of aromatic nitrogens is 2. The fraction of sp³-hybridized carbons (Fsp3) is 0.0556. The van der Waals surface area contributed by atoms with Gasteiger partial charge in [0.2, 0.25) is 5.58 Å². The summed E-state index contributed by atoms with van der Waals surface area (Å²) >= 11 is 5.84. The lowest BCUT2D eigenvalue weighted by molar-refractivity contribution is -0.0493. The lowest BCUT2D eigenvalue weighted by Crippen LogP contribution is -2.20. The standard InChI is InChI=1S/C18H9ClF2N2O5/c19-8-1-3-9(4-2-8)23-16(24)14-11(7-22-23)13-10(17(25)26)5-6-12(15(13)28-14)27-18(20)21/h1-7,18H,(H,25,26). The second-order valence-corrected chi connectivity index (χ2v) is 6.12. The second-order valence-electron chi connectivity index (χ2n) is 5.68. The van der Waals surface area contributed by atoms with Gasteiger partial charge in [-0.3, -0.25) is 4.79 Å². The molecule has 0 fully saturated rings. The molecule has 10 heteroatoms. The summed E-state index contributed by atoms with van der Waals surface area (Å²) in [7, 11) is 0. The number of alkyl halides is 2. The lowest BCUT2D eigenvalue weighted by atomic mass is 10.1. The van der Waals surface area contributed by atoms with E-state index in [0.717, 1.165) is 16.8 Å². The van der Waals surface area contributed by atoms with E-state index >= 15 is 0 Å². The normalized spacial score (nSPS) is 11.4. The van der Waals surface area contributed by atoms with Gasteiger partial charge in [0.05, 0.1) is 22.8 Å². The molecule has 0 aliphatic carbocycles. The van der Waals surface area contributed by atoms with E-state index in [0.29, 0.717) is 10.7 Å². The van der Waals surface area contributed by atoms with Crippen molar-refractivity contribution in [1.82, 2.24) is 9.78 Å². The maximum absolute atomic E-state index is 12.8. The fourth-order valence-electron chi connectivity index (χ4n) is 2.88. The molecule has 0 aliphatic rings. The van der Waals surface area contributed by atoms with Crippen LogP contribution in [0.4, 0.5) is 8.78 Å². The van der Waals surface area contributed by atoms with Gasteiger partial charge in [-0.05, 0) is 36.4 Å². The van der Waals surface area contributed by atoms with Crippen LogP contribution in [0.2, 0.25) is 5.02 Å². The minimum atomic E-state index is -3.16. The number of aromatic carboxylic acids is 1. The van der Waals surface area contributed by atoms with Crippen molar-refractivity contribution in [2.75, 3.05) is 0 Å². The van der Waals surface area contributed by atoms with Crippen molar-refractivity contribution in [3.05, 3.63) is 63.5 Å². The largest absolute Gasteiger partial charge is 0.478 e. The van der Waals surface area contributed by atoms with Gasteiger partial charge in [0.15, 0.2) is 11.3 Å². The molecule has 0 spiro atoms. The van der Waals surface area contributed by atoms with Gasteiger partial charge in [0.25, 0.3) is 0 Å². The lowest BCUT2D eigenvalue weighted by Gasteiger charge is -2.06. The Bertz CT molecular complexity index is 1280. The Morgan fingerprint density at radius 2 is 1.89 bits per heavy atom. The summed E-state index contributed by atoms with van der Waals surface area (Å²) in [5.74, 6) is -1.71. The van der Waals surface area contributed by atoms with Gasteiger partial charge in [-0.2, -0.15) is 18.6 Å². The van der Waals surface area contributed by atoms with Gasteiger partial charge >= 0.3 is 18.1 Å². The van der Waals surface area contributed by atoms with Crippen molar-refractivity contribution in [3.8, 4) is 11.4 Å². The third kappa shape index (κ3) is 2.85. The molecule has 142 valence electrons. The van der Waals surface area contributed by atoms with Gasteiger partial charge in [0, 0.05) is 10.4 Å². The molecule has 1 N–H and O–H groups in total. The molecule has 0 saturated heterocycles. The van der Waals surface area contributed by atoms with Gasteiger partial charge in [-0.25, -0.2) is 4.79 Å². The molecule has 0 atom stereocenters. The highest BCUT2D eigenvalue weighted by molar-refractivity contribution is 6.30. The molecule has 2 heterocycles. The number of nitrogens with zero attached hydrogens (tertiary/aromatic N) is 2. The van der Waals surface area contributed by atoms with Crippen LogP contribution in [-0.2, 0) is 0 Å². The Morgan fingerprint density at radius 1 is 1.18 bits per heavy atom. The summed E-state index contributed by atoms with van der Waals surface area (Å²) < 4.78 is 36.3. The van der Waals surface area contributed by atoms with Crippen molar-refractivity contribution in [2.45, 2.75) is 6.61 Å². The molecule has 0 aliphatic heterocycles. The van der Waals surface area contributed by atoms with Crippen LogP contribution < -0.4 is 10.3 Å². The first-order valence-electron chi connectivity index (χ1n) is 7.78. The smallest absolute Gasteiger partial charge is 0.387 e. The van der Waals surface area contributed by atoms with E-state index < -0.39 is 18.1 Å². The maximum Gasteiger partial charge on any atom is 0.387 e. The molecule has 0 unspecified atom stereocenters. The van der Waals surface area contributed by atoms with E-state index in [4.69, 9.17) is 16.0 Å². The van der Waals surface area contributed by atoms with E-state index in [1.807, 2.05) is 0 Å². The maximum atomic E-state index is 12.8. The quantitative estimate of drug-likeness (QED) is 0.548. The Kier molecular flexibility index (Phi) is 4.23. The Labute approximate surface area is 159 Å². The predicted octanol–water partition coefficient (Wildman–Crippen LogP) is 4.08. The number of hydrogen-bond acceptors (Lipinski definition) is 5. The number of benzene rings is 2. The van der Waals surface area contributed by atoms with Gasteiger partial charge in [-0.1, -0.05) is 11.6 Å². The third-order valence-corrected chi connectivity index (χ3v) is 4.30. The SMILES string of the molecule is O=C(O)c1ccc(OC(F)F)c2oc3c(=O)n(-c4ccc(Cl)cc4)ncc3c12. The Morgan fingerprint density at radius 3 is 2.54 bits per heavy atom. The van der Waals surface area contributed by atoms with E-state index in [9.17, 15) is 23.5 Å². The molecule has 0 saturated carbocycles. The first kappa shape index (κ1) is 17.9. The molecule has 2 aromatic carbocycles. The number of furan rings is 1. The third-order valence-electron chi connectivity index (χ3n) is 4.05. The summed E-state index contributed by atoms with van der Waals surface area (Å²) in [6.45, 7) is -3.16. The average Bonchev–Trinajstić information content (AvgIpc) is 3.04. The van der Waals surface area contributed by atoms with Gasteiger partial charge in [-0.15, -0.1) is 0 Å². The van der Waals surface area contributed by atoms with Crippen molar-refractivity contribution in [2.24, 2.45) is 0 Å². The molecule has 0 radical (unpaired) electrons. The summed E-state index contributed by atoms with van der Waals surface area (Å²) in [4.78, 5) is 24.4. The molecule has 4 rings (SSSR count). The second kappa shape index (κ2) is 6.61. The zero-order valence-corrected chi connectivity index (χ0v) is 14.5. The van der Waals surface area contributed by atoms with Crippen LogP contribution in [0.5, 0.6) is 5.75 Å². The summed E-state index contributed by atoms with van der Waals surface area (Å²) in [5.41, 5.74) is -1.06. The van der Waals surface area contributed by atoms with Crippen molar-refractivity contribution in [3.63, 3.8) is 0 Å². The molecule has 28 heavy (non-hydrogen) atoms. The fourth-order valence-corrected chi connectivity index (χ4v) is 3.01. The Hall–Kier alpha value is -3.46. The van der Waals surface area contributed by atoms with Gasteiger partial charge < -0.3 is 14.3 Å². The number of ether oxygens (including phenoxy) is 1. The van der Waals surface area contributed by atoms with Crippen LogP contribution >= 0.6 is 11.6 Å². The van der Waals surface area contributed by atoms with Crippen LogP contribution in [0.3, 0.4) is 0 Å². The van der Waals surface area contributed by atoms with E-state index in [1.165, 1.54) is 6.20 Å². The average molecular weight is 407 g/mol. The number of carboxylic acid groups (broad SMARTS) is 1. The zero-order valence-electron chi connectivity index (χ0n) is 13.7. The number of hydrogen-bond donors (Lipinski definition) is 1. The number of rotatable bonds is 4. The minimum absolute atomic E-state index is 0.0477. The molecule has 0 amide bonds. The highest BCUT2D eigenvalue weighted by Gasteiger charge is 2.23. The van der Waals surface area contributed by atoms with Crippen LogP contribution in [0, 0.1) is 0 Å². The van der Waals surface area contributed by atoms with Crippen LogP contribution in [-0.4, -0.2) is 27.5 Å². The molecule has 2 aromatic heterocycles. The minimum Gasteiger partial charge on any atom is -0.478 e. The predicted molar refractivity (Wildman–Crippen MR) is 95.7 cm³/mol. The van der Waals surface area contributed by atoms with E-state index in [-0.39, 0.29) is 33.3 Å². The highest BCUT2D eigenvalue weighted by atomic mass is 35.5. The number of carbonyl (C=O) groups is 1. The van der Waals surface area contributed by atoms with E-state index in [2.05, 4.69) is 9.84 Å². The topological polar surface area (TPSA) is 94.6 Å². The number of carboxylic acids is 1. The molecule has 7 nitrogen and oxygen atoms in total. The van der Waals surface area contributed by atoms with Crippen molar-refractivity contribution < 1.29 is 27.8 Å². The summed E-state index contributed by atoms with van der Waals surface area (Å²) in [6.07, 6.45) is 1.23. The van der Waals surface area contributed by atoms with E-state index in [1.54, 1.807) is 24.3 Å². The zero-order chi connectivity index (χ0) is 20.0. The molecule has 4 aromatic rings. The summed E-state index contributed by atoms with van der Waals surface area (Å²) in [6, 6.07) is 8.38. The monoisotopic (exact) mass is 406 g/mol. The highest BCUT2D eigenvalue weighted by Crippen LogP contribution is 2.36. The number of fused-ring (bicyclic) bond motifs is 3. The molecular formula is C18H9ClF2N2O5. The van der Waals surface area contributed by atoms with Crippen LogP contribution in [0.25, 0.3) is 27.6 Å². The van der Waals surface area contributed by atoms with Crippen molar-refractivity contribution in [1.29, 1.82) is 0 Å². The molecular weight excluding hydrogens is 398 g/mol. The Balaban J connectivity index is 2.05. The first-order chi connectivity index (χ1) is 13.4. The number of halogens is 3.